The first-order chi connectivity index (χ1) is 11.7. The molecule has 1 aliphatic heterocycles. The average molecular weight is 322 g/mol. The van der Waals surface area contributed by atoms with Crippen molar-refractivity contribution in [2.75, 3.05) is 11.9 Å². The lowest BCUT2D eigenvalue weighted by Gasteiger charge is -2.08. The molecule has 6 nitrogen and oxygen atoms in total. The summed E-state index contributed by atoms with van der Waals surface area (Å²) in [6.45, 7) is 1.52. The van der Waals surface area contributed by atoms with Crippen LogP contribution in [0.1, 0.15) is 24.0 Å². The van der Waals surface area contributed by atoms with E-state index in [-0.39, 0.29) is 12.0 Å². The summed E-state index contributed by atoms with van der Waals surface area (Å²) in [6.07, 6.45) is 8.94. The zero-order valence-corrected chi connectivity index (χ0v) is 13.2. The highest BCUT2D eigenvalue weighted by Gasteiger charge is 2.16. The number of hydrogen-bond donors (Lipinski definition) is 1. The first-order valence-electron chi connectivity index (χ1n) is 7.86. The molecule has 1 aromatic heterocycles. The summed E-state index contributed by atoms with van der Waals surface area (Å²) in [6, 6.07) is 9.08. The number of anilines is 1. The van der Waals surface area contributed by atoms with Crippen molar-refractivity contribution in [3.63, 3.8) is 0 Å². The van der Waals surface area contributed by atoms with Gasteiger partial charge < -0.3 is 10.1 Å². The number of hydrogen-bond acceptors (Lipinski definition) is 4. The molecule has 0 saturated carbocycles. The SMILES string of the molecule is N#Cc1ccc(C=CC(=O)Nc2cnn(CC3CCCO3)c2)cc1. The van der Waals surface area contributed by atoms with E-state index in [2.05, 4.69) is 16.5 Å². The number of rotatable bonds is 5. The minimum atomic E-state index is -0.226. The molecular formula is C18H18N4O2. The smallest absolute Gasteiger partial charge is 0.248 e. The van der Waals surface area contributed by atoms with Crippen molar-refractivity contribution in [1.82, 2.24) is 9.78 Å². The van der Waals surface area contributed by atoms with Gasteiger partial charge in [-0.25, -0.2) is 0 Å². The Labute approximate surface area is 140 Å². The number of nitrogens with one attached hydrogen (secondary N) is 1. The molecule has 122 valence electrons. The second kappa shape index (κ2) is 7.57. The molecule has 1 saturated heterocycles. The number of amides is 1. The van der Waals surface area contributed by atoms with Gasteiger partial charge >= 0.3 is 0 Å². The number of benzene rings is 1. The molecule has 0 spiro atoms. The number of ether oxygens (including phenoxy) is 1. The second-order valence-electron chi connectivity index (χ2n) is 5.64. The van der Waals surface area contributed by atoms with E-state index in [1.165, 1.54) is 6.08 Å². The van der Waals surface area contributed by atoms with E-state index in [0.29, 0.717) is 17.8 Å². The van der Waals surface area contributed by atoms with Gasteiger partial charge in [0.2, 0.25) is 5.91 Å². The Bertz CT molecular complexity index is 765. The summed E-state index contributed by atoms with van der Waals surface area (Å²) in [4.78, 5) is 12.0. The summed E-state index contributed by atoms with van der Waals surface area (Å²) in [7, 11) is 0. The van der Waals surface area contributed by atoms with Gasteiger partial charge in [-0.3, -0.25) is 9.48 Å². The highest BCUT2D eigenvalue weighted by molar-refractivity contribution is 6.01. The third kappa shape index (κ3) is 4.31. The summed E-state index contributed by atoms with van der Waals surface area (Å²) < 4.78 is 7.36. The molecule has 1 N–H and O–H groups in total. The van der Waals surface area contributed by atoms with E-state index < -0.39 is 0 Å². The topological polar surface area (TPSA) is 79.9 Å². The number of carbonyl (C=O) groups excluding carboxylic acids is 1. The molecule has 1 aromatic carbocycles. The third-order valence-corrected chi connectivity index (χ3v) is 3.78. The third-order valence-electron chi connectivity index (χ3n) is 3.78. The summed E-state index contributed by atoms with van der Waals surface area (Å²) in [5.41, 5.74) is 2.11. The molecule has 1 unspecified atom stereocenters. The Balaban J connectivity index is 1.53. The van der Waals surface area contributed by atoms with Crippen LogP contribution in [0.15, 0.2) is 42.7 Å². The predicted molar refractivity (Wildman–Crippen MR) is 90.0 cm³/mol. The fourth-order valence-corrected chi connectivity index (χ4v) is 2.55. The molecule has 1 atom stereocenters. The van der Waals surface area contributed by atoms with Crippen LogP contribution in [0.3, 0.4) is 0 Å². The van der Waals surface area contributed by atoms with Crippen LogP contribution < -0.4 is 5.32 Å². The largest absolute Gasteiger partial charge is 0.376 e. The van der Waals surface area contributed by atoms with Gasteiger partial charge in [-0.15, -0.1) is 0 Å². The summed E-state index contributed by atoms with van der Waals surface area (Å²) >= 11 is 0. The van der Waals surface area contributed by atoms with Crippen molar-refractivity contribution in [2.45, 2.75) is 25.5 Å². The van der Waals surface area contributed by atoms with Crippen LogP contribution in [0.5, 0.6) is 0 Å². The lowest BCUT2D eigenvalue weighted by atomic mass is 10.1. The lowest BCUT2D eigenvalue weighted by Crippen LogP contribution is -2.15. The molecule has 2 aromatic rings. The molecular weight excluding hydrogens is 304 g/mol. The Morgan fingerprint density at radius 1 is 1.46 bits per heavy atom. The van der Waals surface area contributed by atoms with E-state index in [4.69, 9.17) is 10.00 Å². The fraction of sp³-hybridized carbons (Fsp3) is 0.278. The van der Waals surface area contributed by atoms with Crippen LogP contribution in [0.2, 0.25) is 0 Å². The van der Waals surface area contributed by atoms with Crippen LogP contribution in [0.25, 0.3) is 6.08 Å². The second-order valence-corrected chi connectivity index (χ2v) is 5.64. The monoisotopic (exact) mass is 322 g/mol. The van der Waals surface area contributed by atoms with E-state index in [9.17, 15) is 4.79 Å². The zero-order chi connectivity index (χ0) is 16.8. The molecule has 0 bridgehead atoms. The highest BCUT2D eigenvalue weighted by Crippen LogP contribution is 2.15. The van der Waals surface area contributed by atoms with Crippen LogP contribution in [-0.4, -0.2) is 28.4 Å². The minimum absolute atomic E-state index is 0.213. The van der Waals surface area contributed by atoms with Crippen molar-refractivity contribution >= 4 is 17.7 Å². The van der Waals surface area contributed by atoms with Gasteiger partial charge in [-0.2, -0.15) is 10.4 Å². The van der Waals surface area contributed by atoms with Crippen LogP contribution in [0.4, 0.5) is 5.69 Å². The van der Waals surface area contributed by atoms with Crippen LogP contribution >= 0.6 is 0 Å². The van der Waals surface area contributed by atoms with E-state index in [1.54, 1.807) is 47.4 Å². The molecule has 6 heteroatoms. The first kappa shape index (κ1) is 16.0. The summed E-state index contributed by atoms with van der Waals surface area (Å²) in [5.74, 6) is -0.226. The Morgan fingerprint density at radius 3 is 3.00 bits per heavy atom. The van der Waals surface area contributed by atoms with E-state index in [1.807, 2.05) is 0 Å². The number of aromatic nitrogens is 2. The molecule has 0 aliphatic carbocycles. The predicted octanol–water partition coefficient (Wildman–Crippen LogP) is 2.59. The average Bonchev–Trinajstić information content (AvgIpc) is 3.26. The van der Waals surface area contributed by atoms with E-state index >= 15 is 0 Å². The van der Waals surface area contributed by atoms with Gasteiger partial charge in [0, 0.05) is 18.9 Å². The van der Waals surface area contributed by atoms with Gasteiger partial charge in [0.15, 0.2) is 0 Å². The van der Waals surface area contributed by atoms with Gasteiger partial charge in [0.05, 0.1) is 36.2 Å². The van der Waals surface area contributed by atoms with Gasteiger partial charge in [-0.05, 0) is 36.6 Å². The molecule has 3 rings (SSSR count). The fourth-order valence-electron chi connectivity index (χ4n) is 2.55. The highest BCUT2D eigenvalue weighted by atomic mass is 16.5. The normalized spacial score (nSPS) is 17.0. The Hall–Kier alpha value is -2.91. The molecule has 1 aliphatic rings. The molecule has 1 amide bonds. The van der Waals surface area contributed by atoms with Gasteiger partial charge in [0.1, 0.15) is 0 Å². The van der Waals surface area contributed by atoms with E-state index in [0.717, 1.165) is 25.0 Å². The standard InChI is InChI=1S/C18H18N4O2/c19-10-15-5-3-14(4-6-15)7-8-18(23)21-16-11-20-22(12-16)13-17-2-1-9-24-17/h3-8,11-12,17H,1-2,9,13H2,(H,21,23). The van der Waals surface area contributed by atoms with Crippen LogP contribution in [-0.2, 0) is 16.1 Å². The zero-order valence-electron chi connectivity index (χ0n) is 13.2. The van der Waals surface area contributed by atoms with Crippen molar-refractivity contribution in [1.29, 1.82) is 5.26 Å². The maximum absolute atomic E-state index is 12.0. The minimum Gasteiger partial charge on any atom is -0.376 e. The van der Waals surface area contributed by atoms with Gasteiger partial charge in [0.25, 0.3) is 0 Å². The molecule has 1 fully saturated rings. The Morgan fingerprint density at radius 2 is 2.29 bits per heavy atom. The number of nitriles is 1. The molecule has 24 heavy (non-hydrogen) atoms. The molecule has 2 heterocycles. The van der Waals surface area contributed by atoms with Gasteiger partial charge in [-0.1, -0.05) is 12.1 Å². The van der Waals surface area contributed by atoms with Crippen LogP contribution in [0, 0.1) is 11.3 Å². The first-order valence-corrected chi connectivity index (χ1v) is 7.86. The van der Waals surface area contributed by atoms with Crippen molar-refractivity contribution in [3.05, 3.63) is 53.9 Å². The number of carbonyl (C=O) groups is 1. The summed E-state index contributed by atoms with van der Waals surface area (Å²) in [5, 5.41) is 15.8. The lowest BCUT2D eigenvalue weighted by molar-refractivity contribution is -0.111. The van der Waals surface area contributed by atoms with Crippen molar-refractivity contribution < 1.29 is 9.53 Å². The van der Waals surface area contributed by atoms with Crippen molar-refractivity contribution in [3.8, 4) is 6.07 Å². The quantitative estimate of drug-likeness (QED) is 0.858. The maximum Gasteiger partial charge on any atom is 0.248 e. The number of nitrogens with zero attached hydrogens (tertiary/aromatic N) is 3. The maximum atomic E-state index is 12.0. The molecule has 0 radical (unpaired) electrons. The Kier molecular flexibility index (Phi) is 5.04. The van der Waals surface area contributed by atoms with Crippen molar-refractivity contribution in [2.24, 2.45) is 0 Å².